The molecular weight excluding hydrogens is 219 g/mol. The van der Waals surface area contributed by atoms with Crippen LogP contribution in [-0.2, 0) is 11.2 Å². The van der Waals surface area contributed by atoms with Crippen LogP contribution in [0.5, 0.6) is 0 Å². The molecule has 1 rings (SSSR count). The molecular formula is C13H15FN2O. The van der Waals surface area contributed by atoms with Gasteiger partial charge in [-0.3, -0.25) is 10.1 Å². The van der Waals surface area contributed by atoms with Gasteiger partial charge in [0.25, 0.3) is 0 Å². The monoisotopic (exact) mass is 234 g/mol. The van der Waals surface area contributed by atoms with E-state index in [9.17, 15) is 9.18 Å². The molecule has 3 nitrogen and oxygen atoms in total. The highest BCUT2D eigenvalue weighted by molar-refractivity contribution is 5.77. The van der Waals surface area contributed by atoms with E-state index in [-0.39, 0.29) is 18.3 Å². The molecule has 0 unspecified atom stereocenters. The maximum atomic E-state index is 12.8. The summed E-state index contributed by atoms with van der Waals surface area (Å²) < 4.78 is 12.8. The smallest absolute Gasteiger partial charge is 0.233 e. The van der Waals surface area contributed by atoms with Gasteiger partial charge >= 0.3 is 0 Å². The number of rotatable bonds is 6. The number of carbonyl (C=O) groups is 1. The molecule has 1 amide bonds. The highest BCUT2D eigenvalue weighted by atomic mass is 19.1. The second-order valence-electron chi connectivity index (χ2n) is 3.54. The molecule has 0 radical (unpaired) electrons. The number of hydrogen-bond acceptors (Lipinski definition) is 2. The molecule has 0 bridgehead atoms. The van der Waals surface area contributed by atoms with Crippen molar-refractivity contribution in [1.29, 1.82) is 0 Å². The molecule has 90 valence electrons. The van der Waals surface area contributed by atoms with Gasteiger partial charge in [-0.2, -0.15) is 0 Å². The van der Waals surface area contributed by atoms with Crippen LogP contribution in [0.3, 0.4) is 0 Å². The van der Waals surface area contributed by atoms with Crippen LogP contribution in [-0.4, -0.2) is 25.5 Å². The molecule has 0 fully saturated rings. The molecule has 0 heterocycles. The summed E-state index contributed by atoms with van der Waals surface area (Å²) in [5.74, 6) is 2.00. The van der Waals surface area contributed by atoms with Gasteiger partial charge in [0.2, 0.25) is 5.91 Å². The first-order valence-corrected chi connectivity index (χ1v) is 5.37. The third-order valence-corrected chi connectivity index (χ3v) is 2.14. The molecule has 0 saturated carbocycles. The van der Waals surface area contributed by atoms with Gasteiger partial charge in [-0.25, -0.2) is 4.39 Å². The maximum absolute atomic E-state index is 12.8. The van der Waals surface area contributed by atoms with Crippen molar-refractivity contribution in [3.05, 3.63) is 35.6 Å². The number of hydrogen-bond donors (Lipinski definition) is 2. The summed E-state index contributed by atoms with van der Waals surface area (Å²) in [6.45, 7) is 1.06. The minimum absolute atomic E-state index is 0.114. The molecule has 0 aliphatic heterocycles. The number of terminal acetylenes is 1. The number of benzene rings is 1. The van der Waals surface area contributed by atoms with Gasteiger partial charge in [-0.15, -0.1) is 6.42 Å². The molecule has 0 aromatic heterocycles. The zero-order valence-corrected chi connectivity index (χ0v) is 9.50. The molecule has 17 heavy (non-hydrogen) atoms. The fourth-order valence-corrected chi connectivity index (χ4v) is 1.35. The van der Waals surface area contributed by atoms with Crippen molar-refractivity contribution in [2.75, 3.05) is 19.6 Å². The Hall–Kier alpha value is -1.86. The van der Waals surface area contributed by atoms with Crippen molar-refractivity contribution >= 4 is 5.91 Å². The maximum Gasteiger partial charge on any atom is 0.233 e. The Balaban J connectivity index is 2.19. The summed E-state index contributed by atoms with van der Waals surface area (Å²) in [5, 5.41) is 5.50. The van der Waals surface area contributed by atoms with Crippen LogP contribution in [0.4, 0.5) is 4.39 Å². The third-order valence-electron chi connectivity index (χ3n) is 2.14. The molecule has 0 aliphatic carbocycles. The minimum atomic E-state index is -0.260. The summed E-state index contributed by atoms with van der Waals surface area (Å²) in [6.07, 6.45) is 5.64. The van der Waals surface area contributed by atoms with Crippen molar-refractivity contribution in [3.63, 3.8) is 0 Å². The van der Waals surface area contributed by atoms with E-state index >= 15 is 0 Å². The number of halogens is 1. The lowest BCUT2D eigenvalue weighted by Gasteiger charge is -2.05. The summed E-state index contributed by atoms with van der Waals surface area (Å²) in [6, 6.07) is 6.33. The Bertz CT molecular complexity index is 412. The van der Waals surface area contributed by atoms with Gasteiger partial charge in [0.05, 0.1) is 13.1 Å². The Morgan fingerprint density at radius 1 is 1.47 bits per heavy atom. The van der Waals surface area contributed by atoms with Crippen molar-refractivity contribution in [1.82, 2.24) is 10.6 Å². The summed E-state index contributed by atoms with van der Waals surface area (Å²) in [5.41, 5.74) is 0.863. The summed E-state index contributed by atoms with van der Waals surface area (Å²) >= 11 is 0. The molecule has 4 heteroatoms. The average molecular weight is 234 g/mol. The van der Waals surface area contributed by atoms with Crippen molar-refractivity contribution < 1.29 is 9.18 Å². The molecule has 2 N–H and O–H groups in total. The fourth-order valence-electron chi connectivity index (χ4n) is 1.35. The molecule has 0 spiro atoms. The van der Waals surface area contributed by atoms with Crippen LogP contribution in [0.2, 0.25) is 0 Å². The lowest BCUT2D eigenvalue weighted by atomic mass is 10.1. The fraction of sp³-hybridized carbons (Fsp3) is 0.308. The zero-order valence-electron chi connectivity index (χ0n) is 9.50. The lowest BCUT2D eigenvalue weighted by molar-refractivity contribution is -0.120. The Morgan fingerprint density at radius 3 is 3.00 bits per heavy atom. The molecule has 1 aromatic carbocycles. The standard InChI is InChI=1S/C13H15FN2O/c1-2-7-15-10-13(17)16-8-6-11-4-3-5-12(14)9-11/h1,3-5,9,15H,6-8,10H2,(H,16,17). The van der Waals surface area contributed by atoms with Gasteiger partial charge in [-0.1, -0.05) is 18.1 Å². The zero-order chi connectivity index (χ0) is 12.5. The van der Waals surface area contributed by atoms with Crippen LogP contribution in [0.15, 0.2) is 24.3 Å². The van der Waals surface area contributed by atoms with E-state index in [2.05, 4.69) is 16.6 Å². The number of carbonyl (C=O) groups excluding carboxylic acids is 1. The highest BCUT2D eigenvalue weighted by Gasteiger charge is 2.00. The Labute approximate surface area is 100 Å². The first kappa shape index (κ1) is 13.2. The van der Waals surface area contributed by atoms with Gasteiger partial charge in [0.1, 0.15) is 5.82 Å². The van der Waals surface area contributed by atoms with Crippen LogP contribution in [0.1, 0.15) is 5.56 Å². The van der Waals surface area contributed by atoms with Crippen molar-refractivity contribution in [2.24, 2.45) is 0 Å². The predicted octanol–water partition coefficient (Wildman–Crippen LogP) is 0.707. The first-order chi connectivity index (χ1) is 8.22. The average Bonchev–Trinajstić information content (AvgIpc) is 2.29. The second-order valence-corrected chi connectivity index (χ2v) is 3.54. The van der Waals surface area contributed by atoms with Crippen molar-refractivity contribution in [3.8, 4) is 12.3 Å². The van der Waals surface area contributed by atoms with Gasteiger partial charge in [0, 0.05) is 6.54 Å². The topological polar surface area (TPSA) is 41.1 Å². The molecule has 1 aromatic rings. The summed E-state index contributed by atoms with van der Waals surface area (Å²) in [4.78, 5) is 11.3. The quantitative estimate of drug-likeness (QED) is 0.562. The summed E-state index contributed by atoms with van der Waals surface area (Å²) in [7, 11) is 0. The normalized spacial score (nSPS) is 9.65. The minimum Gasteiger partial charge on any atom is -0.355 e. The van der Waals surface area contributed by atoms with Gasteiger partial charge < -0.3 is 5.32 Å². The van der Waals surface area contributed by atoms with Gasteiger partial charge in [-0.05, 0) is 24.1 Å². The van der Waals surface area contributed by atoms with Gasteiger partial charge in [0.15, 0.2) is 0 Å². The first-order valence-electron chi connectivity index (χ1n) is 5.37. The van der Waals surface area contributed by atoms with Crippen LogP contribution >= 0.6 is 0 Å². The van der Waals surface area contributed by atoms with Crippen LogP contribution in [0.25, 0.3) is 0 Å². The Morgan fingerprint density at radius 2 is 2.29 bits per heavy atom. The molecule has 0 atom stereocenters. The molecule has 0 aliphatic rings. The van der Waals surface area contributed by atoms with Crippen LogP contribution < -0.4 is 10.6 Å². The van der Waals surface area contributed by atoms with E-state index in [0.717, 1.165) is 5.56 Å². The van der Waals surface area contributed by atoms with Crippen molar-refractivity contribution in [2.45, 2.75) is 6.42 Å². The van der Waals surface area contributed by atoms with E-state index in [1.807, 2.05) is 6.07 Å². The lowest BCUT2D eigenvalue weighted by Crippen LogP contribution is -2.35. The van der Waals surface area contributed by atoms with E-state index in [1.54, 1.807) is 6.07 Å². The third kappa shape index (κ3) is 5.69. The largest absolute Gasteiger partial charge is 0.355 e. The SMILES string of the molecule is C#CCNCC(=O)NCCc1cccc(F)c1. The number of amides is 1. The van der Waals surface area contributed by atoms with Crippen LogP contribution in [0, 0.1) is 18.2 Å². The Kier molecular flexibility index (Phi) is 5.76. The van der Waals surface area contributed by atoms with E-state index in [4.69, 9.17) is 6.42 Å². The second kappa shape index (κ2) is 7.42. The van der Waals surface area contributed by atoms with E-state index < -0.39 is 0 Å². The molecule has 0 saturated heterocycles. The van der Waals surface area contributed by atoms with E-state index in [0.29, 0.717) is 19.5 Å². The highest BCUT2D eigenvalue weighted by Crippen LogP contribution is 2.03. The van der Waals surface area contributed by atoms with E-state index in [1.165, 1.54) is 12.1 Å². The number of nitrogens with one attached hydrogen (secondary N) is 2. The predicted molar refractivity (Wildman–Crippen MR) is 64.8 cm³/mol.